The van der Waals surface area contributed by atoms with Gasteiger partial charge in [-0.05, 0) is 37.5 Å². The molecule has 1 aromatic carbocycles. The highest BCUT2D eigenvalue weighted by molar-refractivity contribution is 6.33. The Hall–Kier alpha value is -1.13. The molecule has 0 bridgehead atoms. The number of carbonyl (C=O) groups is 1. The van der Waals surface area contributed by atoms with Gasteiger partial charge < -0.3 is 10.4 Å². The standard InChI is InChI=1S/C12H13ClFNO2/c13-10-6-8(14)2-3-9(10)11(17)15-12(7-16)4-1-5-12/h2-3,6,16H,1,4-5,7H2,(H,15,17). The number of aliphatic hydroxyl groups excluding tert-OH is 1. The van der Waals surface area contributed by atoms with E-state index in [-0.39, 0.29) is 23.1 Å². The average Bonchev–Trinajstić information content (AvgIpc) is 2.23. The van der Waals surface area contributed by atoms with Crippen molar-refractivity contribution in [3.8, 4) is 0 Å². The quantitative estimate of drug-likeness (QED) is 0.872. The predicted octanol–water partition coefficient (Wildman–Crippen LogP) is 2.12. The summed E-state index contributed by atoms with van der Waals surface area (Å²) in [5.74, 6) is -0.851. The number of hydrogen-bond acceptors (Lipinski definition) is 2. The molecule has 0 aromatic heterocycles. The Labute approximate surface area is 104 Å². The van der Waals surface area contributed by atoms with E-state index in [4.69, 9.17) is 11.6 Å². The lowest BCUT2D eigenvalue weighted by Crippen LogP contribution is -2.56. The third-order valence-electron chi connectivity index (χ3n) is 3.17. The molecule has 0 spiro atoms. The highest BCUT2D eigenvalue weighted by Gasteiger charge is 2.38. The van der Waals surface area contributed by atoms with Crippen molar-refractivity contribution in [2.24, 2.45) is 0 Å². The van der Waals surface area contributed by atoms with Crippen LogP contribution in [0.2, 0.25) is 5.02 Å². The Morgan fingerprint density at radius 2 is 2.24 bits per heavy atom. The maximum Gasteiger partial charge on any atom is 0.253 e. The van der Waals surface area contributed by atoms with Crippen LogP contribution in [0.4, 0.5) is 4.39 Å². The average molecular weight is 258 g/mol. The maximum atomic E-state index is 12.8. The summed E-state index contributed by atoms with van der Waals surface area (Å²) in [7, 11) is 0. The fourth-order valence-corrected chi connectivity index (χ4v) is 2.16. The van der Waals surface area contributed by atoms with Crippen molar-refractivity contribution in [2.75, 3.05) is 6.61 Å². The summed E-state index contributed by atoms with van der Waals surface area (Å²) < 4.78 is 12.8. The molecule has 1 amide bonds. The van der Waals surface area contributed by atoms with Gasteiger partial charge in [-0.3, -0.25) is 4.79 Å². The van der Waals surface area contributed by atoms with Gasteiger partial charge in [-0.15, -0.1) is 0 Å². The van der Waals surface area contributed by atoms with Crippen LogP contribution in [0.5, 0.6) is 0 Å². The first kappa shape index (κ1) is 12.3. The van der Waals surface area contributed by atoms with Crippen LogP contribution in [-0.2, 0) is 0 Å². The minimum absolute atomic E-state index is 0.0786. The van der Waals surface area contributed by atoms with Crippen molar-refractivity contribution in [3.05, 3.63) is 34.6 Å². The molecule has 1 aliphatic rings. The number of halogens is 2. The lowest BCUT2D eigenvalue weighted by atomic mass is 9.77. The van der Waals surface area contributed by atoms with Crippen molar-refractivity contribution >= 4 is 17.5 Å². The van der Waals surface area contributed by atoms with Crippen LogP contribution < -0.4 is 5.32 Å². The van der Waals surface area contributed by atoms with Gasteiger partial charge in [0.15, 0.2) is 0 Å². The van der Waals surface area contributed by atoms with E-state index in [1.54, 1.807) is 0 Å². The third kappa shape index (κ3) is 2.42. The second-order valence-corrected chi connectivity index (χ2v) is 4.78. The molecule has 92 valence electrons. The van der Waals surface area contributed by atoms with Crippen molar-refractivity contribution in [2.45, 2.75) is 24.8 Å². The fourth-order valence-electron chi connectivity index (χ4n) is 1.91. The molecule has 3 nitrogen and oxygen atoms in total. The maximum absolute atomic E-state index is 12.8. The Morgan fingerprint density at radius 1 is 1.53 bits per heavy atom. The normalized spacial score (nSPS) is 17.4. The van der Waals surface area contributed by atoms with Crippen LogP contribution in [0.25, 0.3) is 0 Å². The summed E-state index contributed by atoms with van der Waals surface area (Å²) in [6, 6.07) is 3.63. The van der Waals surface area contributed by atoms with Gasteiger partial charge in [0, 0.05) is 0 Å². The third-order valence-corrected chi connectivity index (χ3v) is 3.48. The first-order valence-corrected chi connectivity index (χ1v) is 5.82. The number of hydrogen-bond donors (Lipinski definition) is 2. The van der Waals surface area contributed by atoms with E-state index in [9.17, 15) is 14.3 Å². The number of nitrogens with one attached hydrogen (secondary N) is 1. The first-order valence-electron chi connectivity index (χ1n) is 5.45. The minimum atomic E-state index is -0.519. The lowest BCUT2D eigenvalue weighted by molar-refractivity contribution is 0.0642. The van der Waals surface area contributed by atoms with E-state index in [1.807, 2.05) is 0 Å². The molecule has 0 unspecified atom stereocenters. The Balaban J connectivity index is 2.14. The van der Waals surface area contributed by atoms with Gasteiger partial charge in [-0.1, -0.05) is 11.6 Å². The van der Waals surface area contributed by atoms with E-state index in [0.717, 1.165) is 25.3 Å². The number of amides is 1. The summed E-state index contributed by atoms with van der Waals surface area (Å²) in [6.45, 7) is -0.0858. The van der Waals surface area contributed by atoms with Crippen LogP contribution in [0.15, 0.2) is 18.2 Å². The molecule has 0 radical (unpaired) electrons. The molecule has 1 fully saturated rings. The molecule has 0 atom stereocenters. The smallest absolute Gasteiger partial charge is 0.253 e. The Morgan fingerprint density at radius 3 is 2.71 bits per heavy atom. The van der Waals surface area contributed by atoms with E-state index in [1.165, 1.54) is 12.1 Å². The van der Waals surface area contributed by atoms with Crippen molar-refractivity contribution in [1.82, 2.24) is 5.32 Å². The largest absolute Gasteiger partial charge is 0.394 e. The zero-order chi connectivity index (χ0) is 12.5. The van der Waals surface area contributed by atoms with E-state index in [2.05, 4.69) is 5.32 Å². The SMILES string of the molecule is O=C(NC1(CO)CCC1)c1ccc(F)cc1Cl. The Kier molecular flexibility index (Phi) is 3.35. The monoisotopic (exact) mass is 257 g/mol. The zero-order valence-corrected chi connectivity index (χ0v) is 9.93. The number of aliphatic hydroxyl groups is 1. The van der Waals surface area contributed by atoms with E-state index >= 15 is 0 Å². The van der Waals surface area contributed by atoms with Crippen LogP contribution in [0, 0.1) is 5.82 Å². The molecule has 2 N–H and O–H groups in total. The van der Waals surface area contributed by atoms with Gasteiger partial charge >= 0.3 is 0 Å². The molecule has 2 rings (SSSR count). The molecule has 1 saturated carbocycles. The molecule has 0 aliphatic heterocycles. The van der Waals surface area contributed by atoms with Crippen LogP contribution in [0.1, 0.15) is 29.6 Å². The van der Waals surface area contributed by atoms with Gasteiger partial charge in [-0.25, -0.2) is 4.39 Å². The summed E-state index contributed by atoms with van der Waals surface area (Å²) in [6.07, 6.45) is 2.50. The highest BCUT2D eigenvalue weighted by atomic mass is 35.5. The first-order chi connectivity index (χ1) is 8.06. The predicted molar refractivity (Wildman–Crippen MR) is 62.5 cm³/mol. The van der Waals surface area contributed by atoms with Gasteiger partial charge in [0.1, 0.15) is 5.82 Å². The zero-order valence-electron chi connectivity index (χ0n) is 9.17. The molecular formula is C12H13ClFNO2. The van der Waals surface area contributed by atoms with Crippen LogP contribution in [0.3, 0.4) is 0 Å². The summed E-state index contributed by atoms with van der Waals surface area (Å²) in [5.41, 5.74) is -0.290. The van der Waals surface area contributed by atoms with Gasteiger partial charge in [0.05, 0.1) is 22.7 Å². The molecular weight excluding hydrogens is 245 g/mol. The second-order valence-electron chi connectivity index (χ2n) is 4.37. The highest BCUT2D eigenvalue weighted by Crippen LogP contribution is 2.31. The Bertz CT molecular complexity index is 441. The van der Waals surface area contributed by atoms with E-state index in [0.29, 0.717) is 0 Å². The molecule has 17 heavy (non-hydrogen) atoms. The second kappa shape index (κ2) is 4.63. The molecule has 0 saturated heterocycles. The fraction of sp³-hybridized carbons (Fsp3) is 0.417. The summed E-state index contributed by atoms with van der Waals surface area (Å²) in [4.78, 5) is 11.9. The van der Waals surface area contributed by atoms with Crippen LogP contribution in [-0.4, -0.2) is 23.2 Å². The van der Waals surface area contributed by atoms with Gasteiger partial charge in [-0.2, -0.15) is 0 Å². The number of carbonyl (C=O) groups excluding carboxylic acids is 1. The van der Waals surface area contributed by atoms with Gasteiger partial charge in [0.2, 0.25) is 0 Å². The lowest BCUT2D eigenvalue weighted by Gasteiger charge is -2.41. The van der Waals surface area contributed by atoms with Crippen molar-refractivity contribution in [1.29, 1.82) is 0 Å². The van der Waals surface area contributed by atoms with Crippen molar-refractivity contribution < 1.29 is 14.3 Å². The van der Waals surface area contributed by atoms with E-state index < -0.39 is 11.4 Å². The number of benzene rings is 1. The summed E-state index contributed by atoms with van der Waals surface area (Å²) >= 11 is 5.79. The molecule has 0 heterocycles. The molecule has 1 aromatic rings. The minimum Gasteiger partial charge on any atom is -0.394 e. The van der Waals surface area contributed by atoms with Crippen LogP contribution >= 0.6 is 11.6 Å². The molecule has 5 heteroatoms. The molecule has 1 aliphatic carbocycles. The number of rotatable bonds is 3. The van der Waals surface area contributed by atoms with Crippen molar-refractivity contribution in [3.63, 3.8) is 0 Å². The van der Waals surface area contributed by atoms with Gasteiger partial charge in [0.25, 0.3) is 5.91 Å². The topological polar surface area (TPSA) is 49.3 Å². The summed E-state index contributed by atoms with van der Waals surface area (Å²) in [5, 5.41) is 12.1.